The maximum Gasteiger partial charge on any atom is 0.329 e. The molecule has 148 valence electrons. The van der Waals surface area contributed by atoms with Gasteiger partial charge in [0.2, 0.25) is 5.91 Å². The summed E-state index contributed by atoms with van der Waals surface area (Å²) in [4.78, 5) is 35.4. The van der Waals surface area contributed by atoms with Gasteiger partial charge in [0.1, 0.15) is 11.6 Å². The van der Waals surface area contributed by atoms with E-state index in [1.807, 2.05) is 0 Å². The summed E-state index contributed by atoms with van der Waals surface area (Å²) in [6.45, 7) is 6.06. The first-order chi connectivity index (χ1) is 12.7. The Labute approximate surface area is 158 Å². The van der Waals surface area contributed by atoms with E-state index in [4.69, 9.17) is 4.74 Å². The number of carbonyl (C=O) groups is 2. The lowest BCUT2D eigenvalue weighted by Crippen LogP contribution is -2.53. The van der Waals surface area contributed by atoms with Crippen LogP contribution < -0.4 is 10.6 Å². The van der Waals surface area contributed by atoms with Crippen LogP contribution in [0.5, 0.6) is 0 Å². The Balaban J connectivity index is 2.11. The van der Waals surface area contributed by atoms with Crippen molar-refractivity contribution >= 4 is 17.6 Å². The highest BCUT2D eigenvalue weighted by Crippen LogP contribution is 2.16. The first kappa shape index (κ1) is 20.8. The zero-order valence-electron chi connectivity index (χ0n) is 16.0. The molecule has 1 heterocycles. The molecule has 8 nitrogen and oxygen atoms in total. The predicted molar refractivity (Wildman–Crippen MR) is 100 cm³/mol. The summed E-state index contributed by atoms with van der Waals surface area (Å²) >= 11 is 0. The van der Waals surface area contributed by atoms with Gasteiger partial charge in [0, 0.05) is 18.6 Å². The molecule has 0 aromatic heterocycles. The molecular formula is C19H27N3O5. The smallest absolute Gasteiger partial charge is 0.329 e. The monoisotopic (exact) mass is 377 g/mol. The number of nitro groups is 1. The van der Waals surface area contributed by atoms with E-state index in [9.17, 15) is 19.7 Å². The fourth-order valence-electron chi connectivity index (χ4n) is 2.90. The highest BCUT2D eigenvalue weighted by atomic mass is 16.6. The molecule has 1 aromatic carbocycles. The van der Waals surface area contributed by atoms with E-state index in [-0.39, 0.29) is 24.1 Å². The van der Waals surface area contributed by atoms with Crippen LogP contribution in [-0.4, -0.2) is 41.0 Å². The minimum Gasteiger partial charge on any atom is -0.458 e. The van der Waals surface area contributed by atoms with Gasteiger partial charge in [-0.05, 0) is 45.7 Å². The van der Waals surface area contributed by atoms with Crippen molar-refractivity contribution in [3.63, 3.8) is 0 Å². The number of carbonyl (C=O) groups excluding carboxylic acids is 2. The largest absolute Gasteiger partial charge is 0.458 e. The summed E-state index contributed by atoms with van der Waals surface area (Å²) in [6.07, 6.45) is 2.92. The van der Waals surface area contributed by atoms with Gasteiger partial charge in [-0.2, -0.15) is 0 Å². The van der Waals surface area contributed by atoms with Crippen molar-refractivity contribution in [2.45, 2.75) is 64.1 Å². The predicted octanol–water partition coefficient (Wildman–Crippen LogP) is 2.11. The molecule has 1 saturated heterocycles. The van der Waals surface area contributed by atoms with Crippen LogP contribution in [0.25, 0.3) is 0 Å². The second kappa shape index (κ2) is 8.94. The Kier molecular flexibility index (Phi) is 6.90. The van der Waals surface area contributed by atoms with Crippen molar-refractivity contribution in [1.82, 2.24) is 10.6 Å². The van der Waals surface area contributed by atoms with Gasteiger partial charge in [-0.25, -0.2) is 4.79 Å². The molecule has 2 atom stereocenters. The summed E-state index contributed by atoms with van der Waals surface area (Å²) in [7, 11) is 0. The summed E-state index contributed by atoms with van der Waals surface area (Å²) in [5.41, 5.74) is -0.00472. The lowest BCUT2D eigenvalue weighted by molar-refractivity contribution is -0.384. The van der Waals surface area contributed by atoms with E-state index in [1.54, 1.807) is 32.9 Å². The molecule has 2 N–H and O–H groups in total. The van der Waals surface area contributed by atoms with Crippen molar-refractivity contribution < 1.29 is 19.2 Å². The second-order valence-corrected chi connectivity index (χ2v) is 7.72. The van der Waals surface area contributed by atoms with Crippen LogP contribution in [0.4, 0.5) is 5.69 Å². The summed E-state index contributed by atoms with van der Waals surface area (Å²) in [5.74, 6) is -0.752. The van der Waals surface area contributed by atoms with E-state index in [1.165, 1.54) is 12.1 Å². The first-order valence-electron chi connectivity index (χ1n) is 9.15. The highest BCUT2D eigenvalue weighted by molar-refractivity contribution is 5.88. The Bertz CT molecular complexity index is 676. The first-order valence-corrected chi connectivity index (χ1v) is 9.15. The molecule has 0 spiro atoms. The van der Waals surface area contributed by atoms with Crippen LogP contribution in [0.1, 0.15) is 45.6 Å². The lowest BCUT2D eigenvalue weighted by atomic mass is 10.0. The van der Waals surface area contributed by atoms with E-state index < -0.39 is 22.5 Å². The normalized spacial score (nSPS) is 18.4. The number of non-ortho nitro benzene ring substituents is 1. The number of nitro benzene ring substituents is 1. The maximum absolute atomic E-state index is 12.6. The van der Waals surface area contributed by atoms with E-state index in [2.05, 4.69) is 10.6 Å². The number of ether oxygens (including phenoxy) is 1. The van der Waals surface area contributed by atoms with Crippen molar-refractivity contribution in [1.29, 1.82) is 0 Å². The van der Waals surface area contributed by atoms with Gasteiger partial charge >= 0.3 is 5.97 Å². The molecule has 1 aromatic rings. The minimum absolute atomic E-state index is 0.0250. The Morgan fingerprint density at radius 2 is 1.96 bits per heavy atom. The molecule has 0 aliphatic carbocycles. The quantitative estimate of drug-likeness (QED) is 0.446. The number of hydrogen-bond donors (Lipinski definition) is 2. The topological polar surface area (TPSA) is 111 Å². The molecule has 1 aliphatic heterocycles. The fraction of sp³-hybridized carbons (Fsp3) is 0.579. The molecule has 0 saturated carbocycles. The molecule has 1 fully saturated rings. The lowest BCUT2D eigenvalue weighted by Gasteiger charge is -2.27. The molecule has 8 heteroatoms. The van der Waals surface area contributed by atoms with Crippen molar-refractivity contribution in [2.75, 3.05) is 6.54 Å². The summed E-state index contributed by atoms with van der Waals surface area (Å²) in [5, 5.41) is 16.7. The highest BCUT2D eigenvalue weighted by Gasteiger charge is 2.30. The van der Waals surface area contributed by atoms with Crippen LogP contribution in [0.2, 0.25) is 0 Å². The van der Waals surface area contributed by atoms with Gasteiger partial charge in [0.15, 0.2) is 0 Å². The van der Waals surface area contributed by atoms with E-state index >= 15 is 0 Å². The molecule has 27 heavy (non-hydrogen) atoms. The molecule has 2 rings (SSSR count). The van der Waals surface area contributed by atoms with Crippen LogP contribution >= 0.6 is 0 Å². The zero-order chi connectivity index (χ0) is 20.0. The number of amides is 1. The number of piperidine rings is 1. The van der Waals surface area contributed by atoms with Crippen LogP contribution in [0, 0.1) is 10.1 Å². The van der Waals surface area contributed by atoms with Gasteiger partial charge < -0.3 is 15.4 Å². The van der Waals surface area contributed by atoms with Crippen molar-refractivity contribution in [3.8, 4) is 0 Å². The maximum atomic E-state index is 12.6. The van der Waals surface area contributed by atoms with Gasteiger partial charge in [0.25, 0.3) is 5.69 Å². The molecule has 0 bridgehead atoms. The van der Waals surface area contributed by atoms with Gasteiger partial charge in [0.05, 0.1) is 11.0 Å². The third-order valence-electron chi connectivity index (χ3n) is 4.22. The summed E-state index contributed by atoms with van der Waals surface area (Å²) in [6, 6.07) is 4.75. The number of rotatable bonds is 6. The molecule has 1 aliphatic rings. The third-order valence-corrected chi connectivity index (χ3v) is 4.22. The Morgan fingerprint density at radius 1 is 1.30 bits per heavy atom. The van der Waals surface area contributed by atoms with Crippen molar-refractivity contribution in [3.05, 3.63) is 39.9 Å². The zero-order valence-corrected chi connectivity index (χ0v) is 16.0. The number of hydrogen-bond acceptors (Lipinski definition) is 6. The SMILES string of the molecule is CC(C)(C)OC(=O)[C@H](Cc1ccc([N+](=O)[O-])cc1)NC(=O)[C@@H]1CCCCN1. The number of esters is 1. The van der Waals surface area contributed by atoms with E-state index in [0.717, 1.165) is 25.8 Å². The van der Waals surface area contributed by atoms with Gasteiger partial charge in [-0.3, -0.25) is 14.9 Å². The second-order valence-electron chi connectivity index (χ2n) is 7.72. The van der Waals surface area contributed by atoms with Gasteiger partial charge in [-0.15, -0.1) is 0 Å². The molecular weight excluding hydrogens is 350 g/mol. The molecule has 0 radical (unpaired) electrons. The number of nitrogens with one attached hydrogen (secondary N) is 2. The number of nitrogens with zero attached hydrogens (tertiary/aromatic N) is 1. The van der Waals surface area contributed by atoms with Crippen LogP contribution in [0.15, 0.2) is 24.3 Å². The Morgan fingerprint density at radius 3 is 2.48 bits per heavy atom. The average Bonchev–Trinajstić information content (AvgIpc) is 2.60. The van der Waals surface area contributed by atoms with E-state index in [0.29, 0.717) is 5.56 Å². The number of benzene rings is 1. The summed E-state index contributed by atoms with van der Waals surface area (Å²) < 4.78 is 5.44. The third kappa shape index (κ3) is 6.63. The van der Waals surface area contributed by atoms with Crippen LogP contribution in [0.3, 0.4) is 0 Å². The standard InChI is InChI=1S/C19H27N3O5/c1-19(2,3)27-18(24)16(21-17(23)15-6-4-5-11-20-15)12-13-7-9-14(10-8-13)22(25)26/h7-10,15-16,20H,4-6,11-12H2,1-3H3,(H,21,23)/t15-,16-/m0/s1. The Hall–Kier alpha value is -2.48. The minimum atomic E-state index is -0.859. The van der Waals surface area contributed by atoms with Crippen LogP contribution in [-0.2, 0) is 20.7 Å². The molecule has 0 unspecified atom stereocenters. The van der Waals surface area contributed by atoms with Gasteiger partial charge in [-0.1, -0.05) is 18.6 Å². The average molecular weight is 377 g/mol. The van der Waals surface area contributed by atoms with Crippen molar-refractivity contribution in [2.24, 2.45) is 0 Å². The molecule has 1 amide bonds. The fourth-order valence-corrected chi connectivity index (χ4v) is 2.90.